The lowest BCUT2D eigenvalue weighted by Gasteiger charge is -2.16. The smallest absolute Gasteiger partial charge is 0.254 e. The number of hydrogen-bond acceptors (Lipinski definition) is 4. The number of aromatic nitrogens is 2. The molecule has 0 unspecified atom stereocenters. The number of nitrogens with one attached hydrogen (secondary N) is 1. The Kier molecular flexibility index (Phi) is 5.20. The third-order valence-corrected chi connectivity index (χ3v) is 4.60. The molecule has 1 saturated heterocycles. The van der Waals surface area contributed by atoms with Crippen LogP contribution in [0.25, 0.3) is 0 Å². The van der Waals surface area contributed by atoms with E-state index in [1.807, 2.05) is 13.8 Å². The molecule has 2 aromatic rings. The van der Waals surface area contributed by atoms with Gasteiger partial charge in [-0.05, 0) is 38.3 Å². The molecule has 0 aliphatic carbocycles. The number of likely N-dealkylation sites (tertiary alicyclic amines) is 1. The van der Waals surface area contributed by atoms with E-state index >= 15 is 0 Å². The van der Waals surface area contributed by atoms with Crippen molar-refractivity contribution in [2.24, 2.45) is 0 Å². The van der Waals surface area contributed by atoms with Crippen LogP contribution in [0.5, 0.6) is 0 Å². The molecular formula is C19H24N4O. The van der Waals surface area contributed by atoms with Gasteiger partial charge in [-0.1, -0.05) is 30.3 Å². The highest BCUT2D eigenvalue weighted by Crippen LogP contribution is 2.26. The average molecular weight is 324 g/mol. The number of benzene rings is 1. The summed E-state index contributed by atoms with van der Waals surface area (Å²) in [5, 5.41) is 2.98. The van der Waals surface area contributed by atoms with Gasteiger partial charge < -0.3 is 10.2 Å². The standard InChI is InChI=1S/C19H24N4O/c1-14-18(12-21-15(2)22-14)19(24)20-9-11-23-10-8-17(13-23)16-6-4-3-5-7-16/h3-7,12,17H,8-11,13H2,1-2H3,(H,20,24)/t17-/m0/s1. The molecule has 3 rings (SSSR count). The van der Waals surface area contributed by atoms with Crippen LogP contribution in [-0.4, -0.2) is 47.0 Å². The number of nitrogens with zero attached hydrogens (tertiary/aromatic N) is 3. The minimum absolute atomic E-state index is 0.0914. The predicted octanol–water partition coefficient (Wildman–Crippen LogP) is 2.31. The van der Waals surface area contributed by atoms with Crippen molar-refractivity contribution in [2.45, 2.75) is 26.2 Å². The zero-order valence-corrected chi connectivity index (χ0v) is 14.3. The van der Waals surface area contributed by atoms with Crippen molar-refractivity contribution in [3.8, 4) is 0 Å². The first-order valence-corrected chi connectivity index (χ1v) is 8.49. The van der Waals surface area contributed by atoms with Gasteiger partial charge in [0.2, 0.25) is 0 Å². The van der Waals surface area contributed by atoms with E-state index in [0.29, 0.717) is 23.9 Å². The Morgan fingerprint density at radius 1 is 1.29 bits per heavy atom. The Morgan fingerprint density at radius 3 is 2.83 bits per heavy atom. The first-order valence-electron chi connectivity index (χ1n) is 8.49. The first-order chi connectivity index (χ1) is 11.6. The van der Waals surface area contributed by atoms with Gasteiger partial charge in [-0.15, -0.1) is 0 Å². The van der Waals surface area contributed by atoms with E-state index in [2.05, 4.69) is 50.5 Å². The molecule has 0 spiro atoms. The average Bonchev–Trinajstić information content (AvgIpc) is 3.04. The highest BCUT2D eigenvalue weighted by atomic mass is 16.1. The summed E-state index contributed by atoms with van der Waals surface area (Å²) in [6.45, 7) is 7.34. The van der Waals surface area contributed by atoms with Crippen LogP contribution in [0.2, 0.25) is 0 Å². The monoisotopic (exact) mass is 324 g/mol. The molecule has 1 N–H and O–H groups in total. The highest BCUT2D eigenvalue weighted by Gasteiger charge is 2.23. The zero-order chi connectivity index (χ0) is 16.9. The fourth-order valence-electron chi connectivity index (χ4n) is 3.26. The molecular weight excluding hydrogens is 300 g/mol. The summed E-state index contributed by atoms with van der Waals surface area (Å²) in [4.78, 5) is 23.0. The molecule has 1 aromatic heterocycles. The first kappa shape index (κ1) is 16.6. The molecule has 1 aromatic carbocycles. The SMILES string of the molecule is Cc1ncc(C(=O)NCCN2CC[C@H](c3ccccc3)C2)c(C)n1. The van der Waals surface area contributed by atoms with Gasteiger partial charge in [0, 0.05) is 25.8 Å². The number of aryl methyl sites for hydroxylation is 2. The summed E-state index contributed by atoms with van der Waals surface area (Å²) in [5.74, 6) is 1.20. The van der Waals surface area contributed by atoms with Gasteiger partial charge in [0.1, 0.15) is 5.82 Å². The van der Waals surface area contributed by atoms with Crippen molar-refractivity contribution < 1.29 is 4.79 Å². The van der Waals surface area contributed by atoms with Crippen LogP contribution in [0.1, 0.15) is 39.8 Å². The van der Waals surface area contributed by atoms with Crippen LogP contribution in [0.3, 0.4) is 0 Å². The predicted molar refractivity (Wildman–Crippen MR) is 94.1 cm³/mol. The Hall–Kier alpha value is -2.27. The van der Waals surface area contributed by atoms with Crippen LogP contribution in [0.4, 0.5) is 0 Å². The lowest BCUT2D eigenvalue weighted by Crippen LogP contribution is -2.34. The number of carbonyl (C=O) groups excluding carboxylic acids is 1. The van der Waals surface area contributed by atoms with Gasteiger partial charge in [-0.3, -0.25) is 4.79 Å². The minimum atomic E-state index is -0.0914. The molecule has 1 atom stereocenters. The summed E-state index contributed by atoms with van der Waals surface area (Å²) in [6, 6.07) is 10.7. The molecule has 1 fully saturated rings. The number of hydrogen-bond donors (Lipinski definition) is 1. The number of carbonyl (C=O) groups is 1. The van der Waals surface area contributed by atoms with E-state index in [9.17, 15) is 4.79 Å². The van der Waals surface area contributed by atoms with Crippen LogP contribution in [0, 0.1) is 13.8 Å². The molecule has 0 saturated carbocycles. The maximum atomic E-state index is 12.2. The molecule has 5 heteroatoms. The molecule has 2 heterocycles. The molecule has 1 aliphatic heterocycles. The molecule has 0 radical (unpaired) electrons. The fraction of sp³-hybridized carbons (Fsp3) is 0.421. The van der Waals surface area contributed by atoms with Crippen molar-refractivity contribution in [2.75, 3.05) is 26.2 Å². The number of rotatable bonds is 5. The second kappa shape index (κ2) is 7.53. The van der Waals surface area contributed by atoms with Crippen molar-refractivity contribution in [1.82, 2.24) is 20.2 Å². The van der Waals surface area contributed by atoms with Crippen molar-refractivity contribution >= 4 is 5.91 Å². The lowest BCUT2D eigenvalue weighted by molar-refractivity contribution is 0.0948. The molecule has 126 valence electrons. The normalized spacial score (nSPS) is 17.8. The fourth-order valence-corrected chi connectivity index (χ4v) is 3.26. The second-order valence-corrected chi connectivity index (χ2v) is 6.37. The second-order valence-electron chi connectivity index (χ2n) is 6.37. The highest BCUT2D eigenvalue weighted by molar-refractivity contribution is 5.94. The van der Waals surface area contributed by atoms with E-state index in [-0.39, 0.29) is 5.91 Å². The summed E-state index contributed by atoms with van der Waals surface area (Å²) >= 11 is 0. The minimum Gasteiger partial charge on any atom is -0.351 e. The van der Waals surface area contributed by atoms with Crippen molar-refractivity contribution in [3.05, 3.63) is 59.2 Å². The van der Waals surface area contributed by atoms with Crippen LogP contribution in [0.15, 0.2) is 36.5 Å². The summed E-state index contributed by atoms with van der Waals surface area (Å²) in [7, 11) is 0. The Morgan fingerprint density at radius 2 is 2.08 bits per heavy atom. The van der Waals surface area contributed by atoms with E-state index in [1.165, 1.54) is 12.0 Å². The van der Waals surface area contributed by atoms with Crippen LogP contribution < -0.4 is 5.32 Å². The summed E-state index contributed by atoms with van der Waals surface area (Å²) in [6.07, 6.45) is 2.79. The van der Waals surface area contributed by atoms with Gasteiger partial charge >= 0.3 is 0 Å². The van der Waals surface area contributed by atoms with Crippen molar-refractivity contribution in [1.29, 1.82) is 0 Å². The van der Waals surface area contributed by atoms with E-state index in [4.69, 9.17) is 0 Å². The Balaban J connectivity index is 1.46. The summed E-state index contributed by atoms with van der Waals surface area (Å²) in [5.41, 5.74) is 2.70. The van der Waals surface area contributed by atoms with Gasteiger partial charge in [0.05, 0.1) is 11.3 Å². The van der Waals surface area contributed by atoms with E-state index in [0.717, 1.165) is 25.3 Å². The van der Waals surface area contributed by atoms with Gasteiger partial charge in [0.15, 0.2) is 0 Å². The van der Waals surface area contributed by atoms with Gasteiger partial charge in [-0.2, -0.15) is 0 Å². The van der Waals surface area contributed by atoms with E-state index in [1.54, 1.807) is 6.20 Å². The topological polar surface area (TPSA) is 58.1 Å². The lowest BCUT2D eigenvalue weighted by atomic mass is 9.99. The van der Waals surface area contributed by atoms with Crippen LogP contribution in [-0.2, 0) is 0 Å². The maximum Gasteiger partial charge on any atom is 0.254 e. The Bertz CT molecular complexity index is 702. The van der Waals surface area contributed by atoms with Gasteiger partial charge in [-0.25, -0.2) is 9.97 Å². The van der Waals surface area contributed by atoms with Crippen LogP contribution >= 0.6 is 0 Å². The largest absolute Gasteiger partial charge is 0.351 e. The molecule has 1 amide bonds. The molecule has 0 bridgehead atoms. The van der Waals surface area contributed by atoms with Crippen molar-refractivity contribution in [3.63, 3.8) is 0 Å². The molecule has 24 heavy (non-hydrogen) atoms. The quantitative estimate of drug-likeness (QED) is 0.917. The zero-order valence-electron chi connectivity index (χ0n) is 14.3. The third-order valence-electron chi connectivity index (χ3n) is 4.60. The Labute approximate surface area is 143 Å². The third kappa shape index (κ3) is 3.97. The molecule has 1 aliphatic rings. The van der Waals surface area contributed by atoms with Gasteiger partial charge in [0.25, 0.3) is 5.91 Å². The van der Waals surface area contributed by atoms with E-state index < -0.39 is 0 Å². The number of amides is 1. The molecule has 5 nitrogen and oxygen atoms in total. The maximum absolute atomic E-state index is 12.2. The summed E-state index contributed by atoms with van der Waals surface area (Å²) < 4.78 is 0.